The Balaban J connectivity index is 1.94. The quantitative estimate of drug-likeness (QED) is 0.835. The molecule has 1 saturated heterocycles. The molecule has 2 aromatic rings. The summed E-state index contributed by atoms with van der Waals surface area (Å²) in [6.07, 6.45) is 1.13. The van der Waals surface area contributed by atoms with Gasteiger partial charge in [-0.15, -0.1) is 0 Å². The highest BCUT2D eigenvalue weighted by Gasteiger charge is 2.34. The van der Waals surface area contributed by atoms with Crippen molar-refractivity contribution in [1.29, 1.82) is 0 Å². The lowest BCUT2D eigenvalue weighted by Crippen LogP contribution is -2.33. The predicted molar refractivity (Wildman–Crippen MR) is 77.2 cm³/mol. The second-order valence-electron chi connectivity index (χ2n) is 5.90. The first-order valence-electron chi connectivity index (χ1n) is 6.87. The predicted octanol–water partition coefficient (Wildman–Crippen LogP) is 0.162. The summed E-state index contributed by atoms with van der Waals surface area (Å²) in [5.74, 6) is 1.56. The average molecular weight is 276 g/mol. The zero-order valence-corrected chi connectivity index (χ0v) is 12.1. The van der Waals surface area contributed by atoms with Crippen molar-refractivity contribution in [3.05, 3.63) is 22.4 Å². The van der Waals surface area contributed by atoms with Crippen LogP contribution < -0.4 is 15.9 Å². The van der Waals surface area contributed by atoms with Crippen molar-refractivity contribution >= 4 is 11.5 Å². The van der Waals surface area contributed by atoms with Crippen LogP contribution in [-0.2, 0) is 0 Å². The fraction of sp³-hybridized carbons (Fsp3) is 0.615. The number of fused-ring (bicyclic) bond motifs is 1. The van der Waals surface area contributed by atoms with Crippen LogP contribution in [0.1, 0.15) is 19.2 Å². The molecule has 0 bridgehead atoms. The molecule has 1 aliphatic rings. The minimum atomic E-state index is -0.238. The van der Waals surface area contributed by atoms with Gasteiger partial charge in [0.25, 0.3) is 0 Å². The van der Waals surface area contributed by atoms with Gasteiger partial charge in [0, 0.05) is 25.7 Å². The van der Waals surface area contributed by atoms with Crippen molar-refractivity contribution in [2.75, 3.05) is 31.6 Å². The van der Waals surface area contributed by atoms with E-state index in [2.05, 4.69) is 32.3 Å². The Morgan fingerprint density at radius 1 is 1.55 bits per heavy atom. The Hall–Kier alpha value is -1.89. The van der Waals surface area contributed by atoms with E-state index in [0.717, 1.165) is 31.9 Å². The van der Waals surface area contributed by atoms with E-state index in [9.17, 15) is 4.79 Å². The summed E-state index contributed by atoms with van der Waals surface area (Å²) >= 11 is 0. The number of aromatic nitrogens is 4. The van der Waals surface area contributed by atoms with Gasteiger partial charge in [0.1, 0.15) is 11.6 Å². The lowest BCUT2D eigenvalue weighted by atomic mass is 9.90. The number of anilines is 1. The summed E-state index contributed by atoms with van der Waals surface area (Å²) in [4.78, 5) is 18.4. The van der Waals surface area contributed by atoms with Crippen molar-refractivity contribution in [2.24, 2.45) is 5.41 Å². The molecule has 1 atom stereocenters. The second-order valence-corrected chi connectivity index (χ2v) is 5.90. The Labute approximate surface area is 117 Å². The van der Waals surface area contributed by atoms with Gasteiger partial charge in [-0.25, -0.2) is 19.3 Å². The van der Waals surface area contributed by atoms with Gasteiger partial charge in [-0.1, -0.05) is 6.92 Å². The van der Waals surface area contributed by atoms with Gasteiger partial charge in [0.15, 0.2) is 5.65 Å². The molecular weight excluding hydrogens is 256 g/mol. The molecule has 0 amide bonds. The monoisotopic (exact) mass is 276 g/mol. The molecule has 0 saturated carbocycles. The van der Waals surface area contributed by atoms with Crippen LogP contribution in [0.2, 0.25) is 0 Å². The van der Waals surface area contributed by atoms with E-state index in [1.807, 2.05) is 20.0 Å². The minimum absolute atomic E-state index is 0.238. The number of nitrogens with one attached hydrogen (secondary N) is 2. The van der Waals surface area contributed by atoms with Gasteiger partial charge in [-0.2, -0.15) is 5.10 Å². The topological polar surface area (TPSA) is 78.3 Å². The van der Waals surface area contributed by atoms with Crippen LogP contribution in [0.3, 0.4) is 0 Å². The molecule has 7 nitrogen and oxygen atoms in total. The van der Waals surface area contributed by atoms with Crippen molar-refractivity contribution < 1.29 is 0 Å². The van der Waals surface area contributed by atoms with Crippen LogP contribution in [0, 0.1) is 12.3 Å². The average Bonchev–Trinajstić information content (AvgIpc) is 2.95. The van der Waals surface area contributed by atoms with Crippen LogP contribution in [0.5, 0.6) is 0 Å². The number of aryl methyl sites for hydroxylation is 1. The number of hydrogen-bond donors (Lipinski definition) is 2. The molecule has 0 spiro atoms. The molecule has 3 rings (SSSR count). The van der Waals surface area contributed by atoms with Crippen molar-refractivity contribution in [3.8, 4) is 0 Å². The SMILES string of the molecule is CNCC1(C)CCN(c2cc3n[nH]c(=O)n3c(C)n2)C1. The third kappa shape index (κ3) is 2.07. The number of H-pyrrole nitrogens is 1. The zero-order valence-electron chi connectivity index (χ0n) is 12.1. The molecule has 20 heavy (non-hydrogen) atoms. The molecule has 0 aromatic carbocycles. The van der Waals surface area contributed by atoms with E-state index in [1.54, 1.807) is 0 Å². The van der Waals surface area contributed by atoms with Crippen LogP contribution in [-0.4, -0.2) is 46.3 Å². The first-order chi connectivity index (χ1) is 9.52. The number of nitrogens with zero attached hydrogens (tertiary/aromatic N) is 4. The van der Waals surface area contributed by atoms with E-state index in [-0.39, 0.29) is 11.1 Å². The van der Waals surface area contributed by atoms with Crippen LogP contribution in [0.15, 0.2) is 10.9 Å². The molecule has 2 N–H and O–H groups in total. The summed E-state index contributed by atoms with van der Waals surface area (Å²) in [7, 11) is 1.98. The number of aromatic amines is 1. The highest BCUT2D eigenvalue weighted by atomic mass is 16.1. The van der Waals surface area contributed by atoms with Gasteiger partial charge >= 0.3 is 5.69 Å². The van der Waals surface area contributed by atoms with Gasteiger partial charge < -0.3 is 10.2 Å². The molecule has 1 aliphatic heterocycles. The molecule has 7 heteroatoms. The van der Waals surface area contributed by atoms with E-state index in [0.29, 0.717) is 11.5 Å². The van der Waals surface area contributed by atoms with E-state index in [4.69, 9.17) is 0 Å². The van der Waals surface area contributed by atoms with Crippen LogP contribution in [0.25, 0.3) is 5.65 Å². The van der Waals surface area contributed by atoms with Gasteiger partial charge in [-0.05, 0) is 25.8 Å². The zero-order chi connectivity index (χ0) is 14.3. The summed E-state index contributed by atoms with van der Waals surface area (Å²) < 4.78 is 1.49. The van der Waals surface area contributed by atoms with Crippen molar-refractivity contribution in [2.45, 2.75) is 20.3 Å². The summed E-state index contributed by atoms with van der Waals surface area (Å²) in [6, 6.07) is 1.87. The molecule has 0 radical (unpaired) electrons. The smallest absolute Gasteiger partial charge is 0.349 e. The van der Waals surface area contributed by atoms with Crippen LogP contribution in [0.4, 0.5) is 5.82 Å². The molecule has 108 valence electrons. The first kappa shape index (κ1) is 13.1. The summed E-state index contributed by atoms with van der Waals surface area (Å²) in [6.45, 7) is 7.05. The highest BCUT2D eigenvalue weighted by molar-refractivity contribution is 5.52. The van der Waals surface area contributed by atoms with Gasteiger partial charge in [-0.3, -0.25) is 0 Å². The van der Waals surface area contributed by atoms with E-state index in [1.165, 1.54) is 4.40 Å². The summed E-state index contributed by atoms with van der Waals surface area (Å²) in [5.41, 5.74) is 0.652. The molecule has 1 unspecified atom stereocenters. The maximum absolute atomic E-state index is 11.6. The normalized spacial score (nSPS) is 22.9. The largest absolute Gasteiger partial charge is 0.356 e. The molecule has 0 aliphatic carbocycles. The molecule has 3 heterocycles. The Morgan fingerprint density at radius 3 is 3.10 bits per heavy atom. The third-order valence-corrected chi connectivity index (χ3v) is 4.04. The number of hydrogen-bond acceptors (Lipinski definition) is 5. The summed E-state index contributed by atoms with van der Waals surface area (Å²) in [5, 5.41) is 9.75. The van der Waals surface area contributed by atoms with Crippen LogP contribution >= 0.6 is 0 Å². The van der Waals surface area contributed by atoms with E-state index >= 15 is 0 Å². The number of rotatable bonds is 3. The third-order valence-electron chi connectivity index (χ3n) is 4.04. The highest BCUT2D eigenvalue weighted by Crippen LogP contribution is 2.32. The fourth-order valence-corrected chi connectivity index (χ4v) is 3.03. The second kappa shape index (κ2) is 4.59. The molecular formula is C13H20N6O. The Bertz CT molecular complexity index is 690. The Kier molecular flexibility index (Phi) is 3.01. The van der Waals surface area contributed by atoms with Crippen molar-refractivity contribution in [3.63, 3.8) is 0 Å². The van der Waals surface area contributed by atoms with Gasteiger partial charge in [0.2, 0.25) is 0 Å². The first-order valence-corrected chi connectivity index (χ1v) is 6.87. The minimum Gasteiger partial charge on any atom is -0.356 e. The Morgan fingerprint density at radius 2 is 2.35 bits per heavy atom. The van der Waals surface area contributed by atoms with E-state index < -0.39 is 0 Å². The maximum Gasteiger partial charge on any atom is 0.349 e. The standard InChI is InChI=1S/C13H20N6O/c1-9-15-10(6-11-16-17-12(20)19(9)11)18-5-4-13(2,8-18)7-14-3/h6,14H,4-5,7-8H2,1-3H3,(H,17,20). The van der Waals surface area contributed by atoms with Gasteiger partial charge in [0.05, 0.1) is 0 Å². The maximum atomic E-state index is 11.6. The van der Waals surface area contributed by atoms with Crippen molar-refractivity contribution in [1.82, 2.24) is 24.9 Å². The fourth-order valence-electron chi connectivity index (χ4n) is 3.03. The molecule has 1 fully saturated rings. The molecule has 2 aromatic heterocycles. The lowest BCUT2D eigenvalue weighted by molar-refractivity contribution is 0.355. The lowest BCUT2D eigenvalue weighted by Gasteiger charge is -2.24.